The van der Waals surface area contributed by atoms with Gasteiger partial charge in [0.25, 0.3) is 5.91 Å². The highest BCUT2D eigenvalue weighted by Gasteiger charge is 2.34. The monoisotopic (exact) mass is 404 g/mol. The minimum Gasteiger partial charge on any atom is -0.486 e. The molecule has 0 bridgehead atoms. The predicted octanol–water partition coefficient (Wildman–Crippen LogP) is 4.06. The molecule has 1 aromatic heterocycles. The molecule has 2 heterocycles. The SMILES string of the molecule is O=C(NCc1cc(-c2ccc3c(c2)OCCO3)on1)c1ccccc1C(F)(F)F. The molecule has 0 fully saturated rings. The first kappa shape index (κ1) is 18.9. The molecule has 0 unspecified atom stereocenters. The second-order valence-corrected chi connectivity index (χ2v) is 6.27. The Morgan fingerprint density at radius 3 is 2.59 bits per heavy atom. The molecular formula is C20H15F3N2O4. The molecule has 2 aromatic carbocycles. The highest BCUT2D eigenvalue weighted by Crippen LogP contribution is 2.35. The Hall–Kier alpha value is -3.49. The topological polar surface area (TPSA) is 73.6 Å². The van der Waals surface area contributed by atoms with Crippen molar-refractivity contribution in [3.63, 3.8) is 0 Å². The van der Waals surface area contributed by atoms with Crippen LogP contribution in [-0.2, 0) is 12.7 Å². The molecule has 29 heavy (non-hydrogen) atoms. The predicted molar refractivity (Wildman–Crippen MR) is 95.5 cm³/mol. The van der Waals surface area contributed by atoms with Gasteiger partial charge in [-0.15, -0.1) is 0 Å². The largest absolute Gasteiger partial charge is 0.486 e. The molecule has 0 aliphatic carbocycles. The average Bonchev–Trinajstić information content (AvgIpc) is 3.20. The van der Waals surface area contributed by atoms with Crippen molar-refractivity contribution in [2.45, 2.75) is 12.7 Å². The Labute approximate surface area is 163 Å². The number of carbonyl (C=O) groups excluding carboxylic acids is 1. The molecule has 9 heteroatoms. The third-order valence-electron chi connectivity index (χ3n) is 4.29. The van der Waals surface area contributed by atoms with Gasteiger partial charge >= 0.3 is 6.18 Å². The molecule has 0 radical (unpaired) electrons. The third-order valence-corrected chi connectivity index (χ3v) is 4.29. The van der Waals surface area contributed by atoms with Crippen molar-refractivity contribution in [2.75, 3.05) is 13.2 Å². The van der Waals surface area contributed by atoms with Crippen molar-refractivity contribution < 1.29 is 32.0 Å². The molecule has 6 nitrogen and oxygen atoms in total. The molecule has 1 N–H and O–H groups in total. The van der Waals surface area contributed by atoms with Crippen LogP contribution in [0.5, 0.6) is 11.5 Å². The number of nitrogens with zero attached hydrogens (tertiary/aromatic N) is 1. The highest BCUT2D eigenvalue weighted by molar-refractivity contribution is 5.95. The average molecular weight is 404 g/mol. The lowest BCUT2D eigenvalue weighted by molar-refractivity contribution is -0.137. The summed E-state index contributed by atoms with van der Waals surface area (Å²) in [4.78, 5) is 12.2. The van der Waals surface area contributed by atoms with Crippen LogP contribution in [0.2, 0.25) is 0 Å². The summed E-state index contributed by atoms with van der Waals surface area (Å²) in [5.41, 5.74) is -0.375. The number of alkyl halides is 3. The lowest BCUT2D eigenvalue weighted by Gasteiger charge is -2.18. The zero-order chi connectivity index (χ0) is 20.4. The van der Waals surface area contributed by atoms with Gasteiger partial charge in [-0.3, -0.25) is 4.79 Å². The van der Waals surface area contributed by atoms with E-state index < -0.39 is 23.2 Å². The molecule has 0 spiro atoms. The van der Waals surface area contributed by atoms with Gasteiger partial charge in [-0.1, -0.05) is 17.3 Å². The quantitative estimate of drug-likeness (QED) is 0.710. The molecule has 150 valence electrons. The molecular weight excluding hydrogens is 389 g/mol. The number of hydrogen-bond acceptors (Lipinski definition) is 5. The lowest BCUT2D eigenvalue weighted by atomic mass is 10.1. The fraction of sp³-hybridized carbons (Fsp3) is 0.200. The van der Waals surface area contributed by atoms with Gasteiger partial charge in [0.15, 0.2) is 17.3 Å². The van der Waals surface area contributed by atoms with Crippen LogP contribution in [0.25, 0.3) is 11.3 Å². The zero-order valence-electron chi connectivity index (χ0n) is 15.0. The van der Waals surface area contributed by atoms with E-state index in [2.05, 4.69) is 10.5 Å². The van der Waals surface area contributed by atoms with Crippen molar-refractivity contribution in [1.82, 2.24) is 10.5 Å². The molecule has 1 aliphatic rings. The van der Waals surface area contributed by atoms with E-state index in [-0.39, 0.29) is 6.54 Å². The first-order chi connectivity index (χ1) is 13.9. The summed E-state index contributed by atoms with van der Waals surface area (Å²) in [5, 5.41) is 6.29. The van der Waals surface area contributed by atoms with Gasteiger partial charge in [0, 0.05) is 11.6 Å². The van der Waals surface area contributed by atoms with Crippen LogP contribution in [0.15, 0.2) is 53.1 Å². The van der Waals surface area contributed by atoms with Gasteiger partial charge in [0.1, 0.15) is 18.9 Å². The zero-order valence-corrected chi connectivity index (χ0v) is 15.0. The maximum absolute atomic E-state index is 13.1. The molecule has 0 saturated heterocycles. The second-order valence-electron chi connectivity index (χ2n) is 6.27. The van der Waals surface area contributed by atoms with Crippen LogP contribution >= 0.6 is 0 Å². The molecule has 1 aliphatic heterocycles. The molecule has 3 aromatic rings. The summed E-state index contributed by atoms with van der Waals surface area (Å²) in [6.45, 7) is 0.846. The Morgan fingerprint density at radius 1 is 1.03 bits per heavy atom. The van der Waals surface area contributed by atoms with Gasteiger partial charge in [-0.05, 0) is 30.3 Å². The summed E-state index contributed by atoms with van der Waals surface area (Å²) < 4.78 is 55.4. The van der Waals surface area contributed by atoms with Crippen LogP contribution in [0.1, 0.15) is 21.6 Å². The number of aromatic nitrogens is 1. The summed E-state index contributed by atoms with van der Waals surface area (Å²) in [6.07, 6.45) is -4.62. The number of amides is 1. The van der Waals surface area contributed by atoms with Crippen molar-refractivity contribution >= 4 is 5.91 Å². The van der Waals surface area contributed by atoms with Gasteiger partial charge in [0.05, 0.1) is 17.7 Å². The summed E-state index contributed by atoms with van der Waals surface area (Å²) in [6, 6.07) is 11.5. The molecule has 0 saturated carbocycles. The minimum absolute atomic E-state index is 0.0842. The van der Waals surface area contributed by atoms with Crippen molar-refractivity contribution in [1.29, 1.82) is 0 Å². The Balaban J connectivity index is 1.46. The summed E-state index contributed by atoms with van der Waals surface area (Å²) >= 11 is 0. The number of rotatable bonds is 4. The maximum atomic E-state index is 13.1. The van der Waals surface area contributed by atoms with Crippen LogP contribution in [-0.4, -0.2) is 24.3 Å². The highest BCUT2D eigenvalue weighted by atomic mass is 19.4. The van der Waals surface area contributed by atoms with Crippen LogP contribution in [0.3, 0.4) is 0 Å². The van der Waals surface area contributed by atoms with Crippen LogP contribution in [0, 0.1) is 0 Å². The number of ether oxygens (including phenoxy) is 2. The number of benzene rings is 2. The molecule has 0 atom stereocenters. The summed E-state index contributed by atoms with van der Waals surface area (Å²) in [5.74, 6) is 0.808. The van der Waals surface area contributed by atoms with Crippen LogP contribution in [0.4, 0.5) is 13.2 Å². The first-order valence-corrected chi connectivity index (χ1v) is 8.72. The molecule has 4 rings (SSSR count). The van der Waals surface area contributed by atoms with E-state index in [1.165, 1.54) is 12.1 Å². The number of nitrogens with one attached hydrogen (secondary N) is 1. The van der Waals surface area contributed by atoms with Crippen LogP contribution < -0.4 is 14.8 Å². The van der Waals surface area contributed by atoms with Crippen molar-refractivity contribution in [3.8, 4) is 22.8 Å². The number of hydrogen-bond donors (Lipinski definition) is 1. The maximum Gasteiger partial charge on any atom is 0.417 e. The van der Waals surface area contributed by atoms with Crippen molar-refractivity contribution in [3.05, 3.63) is 65.4 Å². The Bertz CT molecular complexity index is 1050. The minimum atomic E-state index is -4.62. The number of halogens is 3. The Morgan fingerprint density at radius 2 is 1.79 bits per heavy atom. The Kier molecular flexibility index (Phi) is 4.87. The fourth-order valence-electron chi connectivity index (χ4n) is 2.92. The first-order valence-electron chi connectivity index (χ1n) is 8.72. The van der Waals surface area contributed by atoms with E-state index in [0.717, 1.165) is 12.1 Å². The van der Waals surface area contributed by atoms with E-state index in [0.29, 0.717) is 41.7 Å². The van der Waals surface area contributed by atoms with Gasteiger partial charge < -0.3 is 19.3 Å². The molecule has 1 amide bonds. The van der Waals surface area contributed by atoms with E-state index >= 15 is 0 Å². The normalized spacial score (nSPS) is 13.2. The van der Waals surface area contributed by atoms with Gasteiger partial charge in [-0.2, -0.15) is 13.2 Å². The summed E-state index contributed by atoms with van der Waals surface area (Å²) in [7, 11) is 0. The lowest BCUT2D eigenvalue weighted by Crippen LogP contribution is -2.26. The number of fused-ring (bicyclic) bond motifs is 1. The third kappa shape index (κ3) is 4.03. The number of carbonyl (C=O) groups is 1. The van der Waals surface area contributed by atoms with Gasteiger partial charge in [0.2, 0.25) is 0 Å². The standard InChI is InChI=1S/C20H15F3N2O4/c21-20(22,23)15-4-2-1-3-14(15)19(26)24-11-13-10-17(29-25-13)12-5-6-16-18(9-12)28-8-7-27-16/h1-6,9-10H,7-8,11H2,(H,24,26). The van der Waals surface area contributed by atoms with Crippen molar-refractivity contribution in [2.24, 2.45) is 0 Å². The van der Waals surface area contributed by atoms with Gasteiger partial charge in [-0.25, -0.2) is 0 Å². The van der Waals surface area contributed by atoms with E-state index in [9.17, 15) is 18.0 Å². The van der Waals surface area contributed by atoms with E-state index in [4.69, 9.17) is 14.0 Å². The smallest absolute Gasteiger partial charge is 0.417 e. The van der Waals surface area contributed by atoms with E-state index in [1.54, 1.807) is 24.3 Å². The fourth-order valence-corrected chi connectivity index (χ4v) is 2.92. The van der Waals surface area contributed by atoms with E-state index in [1.807, 2.05) is 0 Å². The second kappa shape index (κ2) is 7.50.